The van der Waals surface area contributed by atoms with E-state index in [0.29, 0.717) is 13.1 Å². The molecule has 1 fully saturated rings. The number of phenols is 1. The van der Waals surface area contributed by atoms with E-state index in [-0.39, 0.29) is 23.3 Å². The van der Waals surface area contributed by atoms with E-state index in [1.54, 1.807) is 12.1 Å². The molecule has 1 unspecified atom stereocenters. The summed E-state index contributed by atoms with van der Waals surface area (Å²) in [7, 11) is -2.85. The van der Waals surface area contributed by atoms with Crippen LogP contribution in [0.5, 0.6) is 5.75 Å². The highest BCUT2D eigenvalue weighted by atomic mass is 32.2. The minimum atomic E-state index is -2.85. The number of aromatic hydroxyl groups is 1. The Balaban J connectivity index is 2.12. The topological polar surface area (TPSA) is 57.6 Å². The summed E-state index contributed by atoms with van der Waals surface area (Å²) in [6.07, 6.45) is 0. The van der Waals surface area contributed by atoms with Crippen molar-refractivity contribution in [2.45, 2.75) is 13.0 Å². The quantitative estimate of drug-likeness (QED) is 0.862. The van der Waals surface area contributed by atoms with Crippen molar-refractivity contribution in [2.75, 3.05) is 24.6 Å². The van der Waals surface area contributed by atoms with Gasteiger partial charge < -0.3 is 5.11 Å². The second kappa shape index (κ2) is 4.66. The van der Waals surface area contributed by atoms with Crippen molar-refractivity contribution in [1.82, 2.24) is 4.90 Å². The molecule has 1 saturated heterocycles. The number of nitrogens with zero attached hydrogens (tertiary/aromatic N) is 1. The van der Waals surface area contributed by atoms with E-state index in [2.05, 4.69) is 4.90 Å². The fourth-order valence-corrected chi connectivity index (χ4v) is 3.38. The van der Waals surface area contributed by atoms with Crippen LogP contribution < -0.4 is 0 Å². The van der Waals surface area contributed by atoms with Crippen molar-refractivity contribution in [3.63, 3.8) is 0 Å². The van der Waals surface area contributed by atoms with Crippen LogP contribution in [0.1, 0.15) is 18.5 Å². The largest absolute Gasteiger partial charge is 0.508 e. The van der Waals surface area contributed by atoms with E-state index in [4.69, 9.17) is 0 Å². The number of phenolic OH excluding ortho intramolecular Hbond substituents is 1. The smallest absolute Gasteiger partial charge is 0.152 e. The predicted octanol–water partition coefficient (Wildman–Crippen LogP) is 1.18. The van der Waals surface area contributed by atoms with Gasteiger partial charge in [0.05, 0.1) is 11.5 Å². The van der Waals surface area contributed by atoms with Gasteiger partial charge in [0.1, 0.15) is 5.75 Å². The van der Waals surface area contributed by atoms with Crippen LogP contribution in [0.3, 0.4) is 0 Å². The summed E-state index contributed by atoms with van der Waals surface area (Å²) in [6, 6.07) is 7.25. The first kappa shape index (κ1) is 12.4. The van der Waals surface area contributed by atoms with Gasteiger partial charge in [0.25, 0.3) is 0 Å². The van der Waals surface area contributed by atoms with Gasteiger partial charge in [-0.05, 0) is 13.0 Å². The molecule has 17 heavy (non-hydrogen) atoms. The van der Waals surface area contributed by atoms with Gasteiger partial charge in [-0.1, -0.05) is 18.2 Å². The second-order valence-corrected chi connectivity index (χ2v) is 6.73. The minimum absolute atomic E-state index is 0.0479. The van der Waals surface area contributed by atoms with E-state index in [1.807, 2.05) is 19.1 Å². The van der Waals surface area contributed by atoms with Crippen LogP contribution in [0.4, 0.5) is 0 Å². The molecule has 4 nitrogen and oxygen atoms in total. The van der Waals surface area contributed by atoms with Gasteiger partial charge in [-0.2, -0.15) is 0 Å². The zero-order chi connectivity index (χ0) is 12.5. The average Bonchev–Trinajstić information content (AvgIpc) is 2.29. The van der Waals surface area contributed by atoms with E-state index >= 15 is 0 Å². The van der Waals surface area contributed by atoms with Crippen molar-refractivity contribution in [3.8, 4) is 5.75 Å². The molecular weight excluding hydrogens is 238 g/mol. The zero-order valence-corrected chi connectivity index (χ0v) is 10.7. The zero-order valence-electron chi connectivity index (χ0n) is 9.83. The Hall–Kier alpha value is -1.07. The van der Waals surface area contributed by atoms with Gasteiger partial charge in [-0.15, -0.1) is 0 Å². The summed E-state index contributed by atoms with van der Waals surface area (Å²) in [6.45, 7) is 3.07. The molecule has 1 aromatic rings. The molecule has 2 rings (SSSR count). The molecule has 1 aliphatic heterocycles. The fourth-order valence-electron chi connectivity index (χ4n) is 2.15. The number of hydrogen-bond acceptors (Lipinski definition) is 4. The van der Waals surface area contributed by atoms with Crippen LogP contribution in [0, 0.1) is 0 Å². The fraction of sp³-hybridized carbons (Fsp3) is 0.500. The van der Waals surface area contributed by atoms with E-state index in [9.17, 15) is 13.5 Å². The summed E-state index contributed by atoms with van der Waals surface area (Å²) in [4.78, 5) is 2.09. The Morgan fingerprint density at radius 3 is 2.41 bits per heavy atom. The van der Waals surface area contributed by atoms with Crippen molar-refractivity contribution < 1.29 is 13.5 Å². The highest BCUT2D eigenvalue weighted by molar-refractivity contribution is 7.91. The minimum Gasteiger partial charge on any atom is -0.508 e. The third-order valence-corrected chi connectivity index (χ3v) is 4.92. The van der Waals surface area contributed by atoms with Crippen molar-refractivity contribution >= 4 is 9.84 Å². The molecule has 1 heterocycles. The van der Waals surface area contributed by atoms with Crippen molar-refractivity contribution in [3.05, 3.63) is 29.8 Å². The Morgan fingerprint density at radius 1 is 1.24 bits per heavy atom. The molecule has 0 amide bonds. The molecule has 0 bridgehead atoms. The summed E-state index contributed by atoms with van der Waals surface area (Å²) >= 11 is 0. The first-order chi connectivity index (χ1) is 7.99. The molecule has 0 radical (unpaired) electrons. The van der Waals surface area contributed by atoms with Gasteiger partial charge >= 0.3 is 0 Å². The lowest BCUT2D eigenvalue weighted by molar-refractivity contribution is 0.225. The second-order valence-electron chi connectivity index (χ2n) is 4.42. The maximum absolute atomic E-state index is 11.3. The third kappa shape index (κ3) is 2.79. The van der Waals surface area contributed by atoms with Crippen LogP contribution in [0.15, 0.2) is 24.3 Å². The number of hydrogen-bond donors (Lipinski definition) is 1. The van der Waals surface area contributed by atoms with E-state index < -0.39 is 9.84 Å². The van der Waals surface area contributed by atoms with Gasteiger partial charge in [-0.25, -0.2) is 8.42 Å². The normalized spacial score (nSPS) is 22.2. The maximum atomic E-state index is 11.3. The first-order valence-electron chi connectivity index (χ1n) is 5.72. The standard InChI is InChI=1S/C12H17NO3S/c1-10(11-4-2-3-5-12(11)14)13-6-8-17(15,16)9-7-13/h2-5,10,14H,6-9H2,1H3. The Kier molecular flexibility index (Phi) is 3.40. The maximum Gasteiger partial charge on any atom is 0.152 e. The molecule has 1 N–H and O–H groups in total. The van der Waals surface area contributed by atoms with E-state index in [1.165, 1.54) is 0 Å². The van der Waals surface area contributed by atoms with Gasteiger partial charge in [0, 0.05) is 24.7 Å². The lowest BCUT2D eigenvalue weighted by Gasteiger charge is -2.32. The van der Waals surface area contributed by atoms with Crippen LogP contribution in [0.25, 0.3) is 0 Å². The lowest BCUT2D eigenvalue weighted by atomic mass is 10.1. The first-order valence-corrected chi connectivity index (χ1v) is 7.54. The predicted molar refractivity (Wildman–Crippen MR) is 66.7 cm³/mol. The monoisotopic (exact) mass is 255 g/mol. The highest BCUT2D eigenvalue weighted by Gasteiger charge is 2.26. The van der Waals surface area contributed by atoms with Gasteiger partial charge in [0.2, 0.25) is 0 Å². The summed E-state index contributed by atoms with van der Waals surface area (Å²) in [5.41, 5.74) is 0.854. The third-order valence-electron chi connectivity index (χ3n) is 3.31. The van der Waals surface area contributed by atoms with Crippen molar-refractivity contribution in [2.24, 2.45) is 0 Å². The van der Waals surface area contributed by atoms with E-state index in [0.717, 1.165) is 5.56 Å². The number of sulfone groups is 1. The number of para-hydroxylation sites is 1. The van der Waals surface area contributed by atoms with Crippen molar-refractivity contribution in [1.29, 1.82) is 0 Å². The highest BCUT2D eigenvalue weighted by Crippen LogP contribution is 2.28. The van der Waals surface area contributed by atoms with Crippen LogP contribution >= 0.6 is 0 Å². The van der Waals surface area contributed by atoms with Crippen LogP contribution in [-0.4, -0.2) is 43.0 Å². The SMILES string of the molecule is CC(c1ccccc1O)N1CCS(=O)(=O)CC1. The summed E-state index contributed by atoms with van der Waals surface area (Å²) in [5.74, 6) is 0.698. The molecular formula is C12H17NO3S. The molecule has 0 aromatic heterocycles. The Labute approximate surface area is 102 Å². The lowest BCUT2D eigenvalue weighted by Crippen LogP contribution is -2.41. The Bertz CT molecular complexity index is 484. The van der Waals surface area contributed by atoms with Gasteiger partial charge in [0.15, 0.2) is 9.84 Å². The summed E-state index contributed by atoms with van der Waals surface area (Å²) < 4.78 is 22.7. The number of rotatable bonds is 2. The number of benzene rings is 1. The Morgan fingerprint density at radius 2 is 1.82 bits per heavy atom. The molecule has 0 spiro atoms. The van der Waals surface area contributed by atoms with Gasteiger partial charge in [-0.3, -0.25) is 4.90 Å². The molecule has 0 saturated carbocycles. The molecule has 1 atom stereocenters. The molecule has 0 aliphatic carbocycles. The van der Waals surface area contributed by atoms with Crippen LogP contribution in [-0.2, 0) is 9.84 Å². The molecule has 1 aliphatic rings. The molecule has 94 valence electrons. The van der Waals surface area contributed by atoms with Crippen LogP contribution in [0.2, 0.25) is 0 Å². The molecule has 5 heteroatoms. The summed E-state index contributed by atoms with van der Waals surface area (Å²) in [5, 5.41) is 9.77. The average molecular weight is 255 g/mol. The molecule has 1 aromatic carbocycles.